The highest BCUT2D eigenvalue weighted by molar-refractivity contribution is 6.30. The maximum Gasteiger partial charge on any atom is 0.251 e. The maximum atomic E-state index is 11.5. The normalized spacial score (nSPS) is 10.0. The first-order valence-corrected chi connectivity index (χ1v) is 6.90. The lowest BCUT2D eigenvalue weighted by atomic mass is 10.2. The molecule has 21 heavy (non-hydrogen) atoms. The predicted molar refractivity (Wildman–Crippen MR) is 82.3 cm³/mol. The molecule has 0 saturated heterocycles. The Labute approximate surface area is 128 Å². The van der Waals surface area contributed by atoms with E-state index in [1.54, 1.807) is 55.6 Å². The molecule has 0 aliphatic rings. The smallest absolute Gasteiger partial charge is 0.251 e. The third-order valence-electron chi connectivity index (χ3n) is 2.76. The van der Waals surface area contributed by atoms with Gasteiger partial charge in [-0.25, -0.2) is 0 Å². The minimum Gasteiger partial charge on any atom is -0.490 e. The highest BCUT2D eigenvalue weighted by Crippen LogP contribution is 2.16. The molecule has 2 aromatic rings. The van der Waals surface area contributed by atoms with Crippen LogP contribution in [0.3, 0.4) is 0 Å². The number of halogens is 1. The summed E-state index contributed by atoms with van der Waals surface area (Å²) in [5.41, 5.74) is 0.564. The Bertz CT molecular complexity index is 599. The van der Waals surface area contributed by atoms with Crippen LogP contribution in [0.5, 0.6) is 11.5 Å². The van der Waals surface area contributed by atoms with Crippen molar-refractivity contribution in [1.29, 1.82) is 0 Å². The highest BCUT2D eigenvalue weighted by Gasteiger charge is 2.04. The second kappa shape index (κ2) is 7.55. The minimum atomic E-state index is -0.141. The van der Waals surface area contributed by atoms with E-state index >= 15 is 0 Å². The summed E-state index contributed by atoms with van der Waals surface area (Å²) in [5, 5.41) is 3.24. The van der Waals surface area contributed by atoms with Crippen LogP contribution in [0, 0.1) is 0 Å². The Balaban J connectivity index is 1.80. The van der Waals surface area contributed by atoms with E-state index in [0.29, 0.717) is 29.5 Å². The van der Waals surface area contributed by atoms with E-state index in [-0.39, 0.29) is 5.91 Å². The van der Waals surface area contributed by atoms with Crippen LogP contribution in [-0.4, -0.2) is 26.2 Å². The predicted octanol–water partition coefficient (Wildman–Crippen LogP) is 3.16. The molecule has 0 aliphatic carbocycles. The Morgan fingerprint density at radius 3 is 2.38 bits per heavy atom. The monoisotopic (exact) mass is 305 g/mol. The van der Waals surface area contributed by atoms with Gasteiger partial charge in [-0.2, -0.15) is 0 Å². The third-order valence-corrected chi connectivity index (χ3v) is 3.01. The molecule has 0 bridgehead atoms. The van der Waals surface area contributed by atoms with Crippen LogP contribution >= 0.6 is 11.6 Å². The second-order valence-corrected chi connectivity index (χ2v) is 4.69. The van der Waals surface area contributed by atoms with Gasteiger partial charge >= 0.3 is 0 Å². The molecule has 5 heteroatoms. The fourth-order valence-electron chi connectivity index (χ4n) is 1.72. The van der Waals surface area contributed by atoms with Gasteiger partial charge in [-0.15, -0.1) is 0 Å². The van der Waals surface area contributed by atoms with E-state index in [0.717, 1.165) is 5.75 Å². The lowest BCUT2D eigenvalue weighted by Crippen LogP contribution is -2.17. The van der Waals surface area contributed by atoms with Gasteiger partial charge in [0.05, 0.1) is 0 Å². The number of amides is 1. The lowest BCUT2D eigenvalue weighted by molar-refractivity contribution is 0.0962. The Hall–Kier alpha value is -2.20. The Morgan fingerprint density at radius 1 is 1.05 bits per heavy atom. The molecule has 2 aromatic carbocycles. The number of carbonyl (C=O) groups excluding carboxylic acids is 1. The molecule has 0 spiro atoms. The quantitative estimate of drug-likeness (QED) is 0.834. The summed E-state index contributed by atoms with van der Waals surface area (Å²) in [6.07, 6.45) is 0. The van der Waals surface area contributed by atoms with E-state index in [1.807, 2.05) is 0 Å². The minimum absolute atomic E-state index is 0.141. The van der Waals surface area contributed by atoms with Gasteiger partial charge in [-0.05, 0) is 42.5 Å². The van der Waals surface area contributed by atoms with Gasteiger partial charge in [0.2, 0.25) is 0 Å². The van der Waals surface area contributed by atoms with Crippen molar-refractivity contribution < 1.29 is 14.3 Å². The summed E-state index contributed by atoms with van der Waals surface area (Å²) in [6, 6.07) is 14.1. The van der Waals surface area contributed by atoms with Gasteiger partial charge in [0, 0.05) is 17.6 Å². The summed E-state index contributed by atoms with van der Waals surface area (Å²) in [5.74, 6) is 1.23. The third kappa shape index (κ3) is 4.68. The topological polar surface area (TPSA) is 47.6 Å². The molecule has 0 atom stereocenters. The van der Waals surface area contributed by atoms with Gasteiger partial charge in [0.1, 0.15) is 24.7 Å². The zero-order valence-corrected chi connectivity index (χ0v) is 12.4. The fraction of sp³-hybridized carbons (Fsp3) is 0.188. The van der Waals surface area contributed by atoms with Crippen molar-refractivity contribution in [3.8, 4) is 11.5 Å². The first-order chi connectivity index (χ1) is 10.2. The van der Waals surface area contributed by atoms with E-state index < -0.39 is 0 Å². The average Bonchev–Trinajstić information content (AvgIpc) is 2.53. The van der Waals surface area contributed by atoms with Crippen molar-refractivity contribution in [3.63, 3.8) is 0 Å². The average molecular weight is 306 g/mol. The first-order valence-electron chi connectivity index (χ1n) is 6.52. The van der Waals surface area contributed by atoms with Crippen LogP contribution in [0.1, 0.15) is 10.4 Å². The highest BCUT2D eigenvalue weighted by atomic mass is 35.5. The lowest BCUT2D eigenvalue weighted by Gasteiger charge is -2.09. The largest absolute Gasteiger partial charge is 0.490 e. The van der Waals surface area contributed by atoms with E-state index in [1.165, 1.54) is 0 Å². The summed E-state index contributed by atoms with van der Waals surface area (Å²) in [4.78, 5) is 11.5. The number of nitrogens with one attached hydrogen (secondary N) is 1. The van der Waals surface area contributed by atoms with Crippen molar-refractivity contribution in [2.24, 2.45) is 0 Å². The number of hydrogen-bond acceptors (Lipinski definition) is 3. The van der Waals surface area contributed by atoms with Crippen LogP contribution in [0.2, 0.25) is 5.02 Å². The molecule has 110 valence electrons. The number of rotatable bonds is 6. The molecule has 0 aromatic heterocycles. The van der Waals surface area contributed by atoms with Gasteiger partial charge in [0.25, 0.3) is 5.91 Å². The standard InChI is InChI=1S/C16H16ClNO3/c1-18-16(19)12-3-2-4-15(11-12)21-10-9-20-14-7-5-13(17)6-8-14/h2-8,11H,9-10H2,1H3,(H,18,19). The summed E-state index contributed by atoms with van der Waals surface area (Å²) >= 11 is 5.79. The molecule has 0 radical (unpaired) electrons. The Morgan fingerprint density at radius 2 is 1.71 bits per heavy atom. The van der Waals surface area contributed by atoms with Gasteiger partial charge < -0.3 is 14.8 Å². The van der Waals surface area contributed by atoms with Gasteiger partial charge in [-0.1, -0.05) is 17.7 Å². The SMILES string of the molecule is CNC(=O)c1cccc(OCCOc2ccc(Cl)cc2)c1. The summed E-state index contributed by atoms with van der Waals surface area (Å²) in [7, 11) is 1.59. The van der Waals surface area contributed by atoms with Crippen LogP contribution < -0.4 is 14.8 Å². The van der Waals surface area contributed by atoms with Gasteiger partial charge in [0.15, 0.2) is 0 Å². The fourth-order valence-corrected chi connectivity index (χ4v) is 1.85. The molecule has 0 aliphatic heterocycles. The van der Waals surface area contributed by atoms with E-state index in [9.17, 15) is 4.79 Å². The number of ether oxygens (including phenoxy) is 2. The zero-order chi connectivity index (χ0) is 15.1. The molecular weight excluding hydrogens is 290 g/mol. The van der Waals surface area contributed by atoms with E-state index in [2.05, 4.69) is 5.32 Å². The zero-order valence-electron chi connectivity index (χ0n) is 11.6. The molecule has 4 nitrogen and oxygen atoms in total. The van der Waals surface area contributed by atoms with Gasteiger partial charge in [-0.3, -0.25) is 4.79 Å². The van der Waals surface area contributed by atoms with Crippen molar-refractivity contribution in [1.82, 2.24) is 5.32 Å². The second-order valence-electron chi connectivity index (χ2n) is 4.26. The number of carbonyl (C=O) groups is 1. The van der Waals surface area contributed by atoms with Crippen molar-refractivity contribution in [2.45, 2.75) is 0 Å². The van der Waals surface area contributed by atoms with Crippen molar-refractivity contribution in [2.75, 3.05) is 20.3 Å². The summed E-state index contributed by atoms with van der Waals surface area (Å²) in [6.45, 7) is 0.797. The van der Waals surface area contributed by atoms with Crippen LogP contribution in [-0.2, 0) is 0 Å². The van der Waals surface area contributed by atoms with Crippen LogP contribution in [0.25, 0.3) is 0 Å². The Kier molecular flexibility index (Phi) is 5.46. The van der Waals surface area contributed by atoms with Crippen molar-refractivity contribution in [3.05, 3.63) is 59.1 Å². The molecule has 0 saturated carbocycles. The molecule has 2 rings (SSSR count). The van der Waals surface area contributed by atoms with Crippen LogP contribution in [0.4, 0.5) is 0 Å². The number of hydrogen-bond donors (Lipinski definition) is 1. The molecule has 0 unspecified atom stereocenters. The first kappa shape index (κ1) is 15.2. The van der Waals surface area contributed by atoms with Crippen molar-refractivity contribution >= 4 is 17.5 Å². The number of benzene rings is 2. The molecule has 0 fully saturated rings. The van der Waals surface area contributed by atoms with Crippen LogP contribution in [0.15, 0.2) is 48.5 Å². The van der Waals surface area contributed by atoms with E-state index in [4.69, 9.17) is 21.1 Å². The molecule has 0 heterocycles. The molecular formula is C16H16ClNO3. The maximum absolute atomic E-state index is 11.5. The molecule has 1 amide bonds. The molecule has 1 N–H and O–H groups in total. The summed E-state index contributed by atoms with van der Waals surface area (Å²) < 4.78 is 11.1.